The van der Waals surface area contributed by atoms with Crippen molar-refractivity contribution in [2.75, 3.05) is 18.1 Å². The van der Waals surface area contributed by atoms with Crippen LogP contribution in [0.5, 0.6) is 0 Å². The Balaban J connectivity index is 2.50. The molecule has 1 rings (SSSR count). The van der Waals surface area contributed by atoms with E-state index in [0.29, 0.717) is 17.4 Å². The van der Waals surface area contributed by atoms with Crippen LogP contribution in [-0.4, -0.2) is 31.6 Å². The molecule has 0 bridgehead atoms. The van der Waals surface area contributed by atoms with E-state index in [4.69, 9.17) is 0 Å². The molecule has 0 radical (unpaired) electrons. The highest BCUT2D eigenvalue weighted by Crippen LogP contribution is 2.32. The van der Waals surface area contributed by atoms with Crippen molar-refractivity contribution in [3.8, 4) is 0 Å². The van der Waals surface area contributed by atoms with Gasteiger partial charge in [0.2, 0.25) is 0 Å². The third kappa shape index (κ3) is 4.88. The number of hydrogen-bond donors (Lipinski definition) is 1. The van der Waals surface area contributed by atoms with Crippen LogP contribution >= 0.6 is 0 Å². The molecule has 0 aromatic heterocycles. The fourth-order valence-corrected chi connectivity index (χ4v) is 4.94. The van der Waals surface area contributed by atoms with Gasteiger partial charge in [0.25, 0.3) is 0 Å². The molecule has 3 nitrogen and oxygen atoms in total. The van der Waals surface area contributed by atoms with Gasteiger partial charge in [-0.1, -0.05) is 39.5 Å². The summed E-state index contributed by atoms with van der Waals surface area (Å²) < 4.78 is 23.0. The molecule has 0 spiro atoms. The van der Waals surface area contributed by atoms with Gasteiger partial charge >= 0.3 is 0 Å². The van der Waals surface area contributed by atoms with E-state index < -0.39 is 9.84 Å². The first-order valence-electron chi connectivity index (χ1n) is 7.33. The van der Waals surface area contributed by atoms with Gasteiger partial charge in [-0.15, -0.1) is 0 Å². The van der Waals surface area contributed by atoms with E-state index in [1.54, 1.807) is 0 Å². The zero-order valence-electron chi connectivity index (χ0n) is 11.8. The van der Waals surface area contributed by atoms with Crippen molar-refractivity contribution in [1.29, 1.82) is 0 Å². The van der Waals surface area contributed by atoms with Crippen LogP contribution in [0.4, 0.5) is 0 Å². The second-order valence-electron chi connectivity index (χ2n) is 5.76. The molecule has 18 heavy (non-hydrogen) atoms. The van der Waals surface area contributed by atoms with E-state index in [9.17, 15) is 13.5 Å². The predicted octanol–water partition coefficient (Wildman–Crippen LogP) is 2.64. The summed E-state index contributed by atoms with van der Waals surface area (Å²) in [5, 5.41) is 9.53. The lowest BCUT2D eigenvalue weighted by molar-refractivity contribution is 0.153. The average Bonchev–Trinajstić information content (AvgIpc) is 2.70. The van der Waals surface area contributed by atoms with Crippen molar-refractivity contribution in [1.82, 2.24) is 0 Å². The molecule has 1 aliphatic heterocycles. The molecule has 0 aromatic carbocycles. The molecule has 1 heterocycles. The highest BCUT2D eigenvalue weighted by atomic mass is 32.2. The summed E-state index contributed by atoms with van der Waals surface area (Å²) in [4.78, 5) is 0. The Bertz CT molecular complexity index is 324. The standard InChI is InChI=1S/C14H28O3S/c1-3-5-6-12(4-2)9-14(10-15)13-7-8-18(16,17)11-13/h12-15H,3-11H2,1-2H3. The van der Waals surface area contributed by atoms with Crippen LogP contribution in [0, 0.1) is 17.8 Å². The Labute approximate surface area is 112 Å². The van der Waals surface area contributed by atoms with E-state index in [-0.39, 0.29) is 18.4 Å². The maximum absolute atomic E-state index is 11.5. The van der Waals surface area contributed by atoms with Crippen molar-refractivity contribution >= 4 is 9.84 Å². The number of unbranched alkanes of at least 4 members (excludes halogenated alkanes) is 1. The molecule has 1 fully saturated rings. The zero-order valence-corrected chi connectivity index (χ0v) is 12.6. The second kappa shape index (κ2) is 7.49. The zero-order chi connectivity index (χ0) is 13.6. The summed E-state index contributed by atoms with van der Waals surface area (Å²) in [5.41, 5.74) is 0. The van der Waals surface area contributed by atoms with E-state index in [2.05, 4.69) is 13.8 Å². The quantitative estimate of drug-likeness (QED) is 0.741. The monoisotopic (exact) mass is 276 g/mol. The molecule has 1 N–H and O–H groups in total. The molecule has 0 aromatic rings. The smallest absolute Gasteiger partial charge is 0.150 e. The summed E-state index contributed by atoms with van der Waals surface area (Å²) in [6, 6.07) is 0. The number of rotatable bonds is 8. The van der Waals surface area contributed by atoms with Crippen LogP contribution in [0.15, 0.2) is 0 Å². The Morgan fingerprint density at radius 3 is 2.50 bits per heavy atom. The van der Waals surface area contributed by atoms with Gasteiger partial charge in [-0.25, -0.2) is 8.42 Å². The topological polar surface area (TPSA) is 54.4 Å². The maximum Gasteiger partial charge on any atom is 0.150 e. The van der Waals surface area contributed by atoms with Crippen molar-refractivity contribution < 1.29 is 13.5 Å². The van der Waals surface area contributed by atoms with Crippen molar-refractivity contribution in [2.45, 2.75) is 52.4 Å². The molecule has 0 aliphatic carbocycles. The first-order valence-corrected chi connectivity index (χ1v) is 9.15. The first kappa shape index (κ1) is 16.0. The van der Waals surface area contributed by atoms with Crippen molar-refractivity contribution in [3.63, 3.8) is 0 Å². The van der Waals surface area contributed by atoms with Crippen LogP contribution in [-0.2, 0) is 9.84 Å². The molecule has 0 amide bonds. The van der Waals surface area contributed by atoms with Gasteiger partial charge in [-0.3, -0.25) is 0 Å². The van der Waals surface area contributed by atoms with Gasteiger partial charge < -0.3 is 5.11 Å². The minimum Gasteiger partial charge on any atom is -0.396 e. The normalized spacial score (nSPS) is 26.1. The number of hydrogen-bond acceptors (Lipinski definition) is 3. The van der Waals surface area contributed by atoms with Crippen LogP contribution in [0.2, 0.25) is 0 Å². The van der Waals surface area contributed by atoms with E-state index in [1.165, 1.54) is 19.3 Å². The first-order chi connectivity index (χ1) is 8.52. The predicted molar refractivity (Wildman–Crippen MR) is 75.3 cm³/mol. The SMILES string of the molecule is CCCCC(CC)CC(CO)C1CCS(=O)(=O)C1. The van der Waals surface area contributed by atoms with Crippen LogP contribution in [0.1, 0.15) is 52.4 Å². The Morgan fingerprint density at radius 2 is 2.06 bits per heavy atom. The summed E-state index contributed by atoms with van der Waals surface area (Å²) in [5.74, 6) is 1.63. The van der Waals surface area contributed by atoms with Gasteiger partial charge in [0.1, 0.15) is 0 Å². The minimum absolute atomic E-state index is 0.142. The minimum atomic E-state index is -2.82. The van der Waals surface area contributed by atoms with Crippen molar-refractivity contribution in [3.05, 3.63) is 0 Å². The lowest BCUT2D eigenvalue weighted by Crippen LogP contribution is -2.23. The van der Waals surface area contributed by atoms with Crippen LogP contribution in [0.3, 0.4) is 0 Å². The molecule has 108 valence electrons. The molecule has 1 aliphatic rings. The highest BCUT2D eigenvalue weighted by molar-refractivity contribution is 7.91. The van der Waals surface area contributed by atoms with Crippen LogP contribution in [0.25, 0.3) is 0 Å². The summed E-state index contributed by atoms with van der Waals surface area (Å²) in [7, 11) is -2.82. The van der Waals surface area contributed by atoms with Gasteiger partial charge in [-0.2, -0.15) is 0 Å². The third-order valence-electron chi connectivity index (χ3n) is 4.35. The van der Waals surface area contributed by atoms with Gasteiger partial charge in [0, 0.05) is 6.61 Å². The number of sulfone groups is 1. The largest absolute Gasteiger partial charge is 0.396 e. The lowest BCUT2D eigenvalue weighted by atomic mass is 9.82. The van der Waals surface area contributed by atoms with E-state index >= 15 is 0 Å². The molecule has 4 heteroatoms. The second-order valence-corrected chi connectivity index (χ2v) is 7.99. The third-order valence-corrected chi connectivity index (χ3v) is 6.14. The lowest BCUT2D eigenvalue weighted by Gasteiger charge is -2.25. The van der Waals surface area contributed by atoms with E-state index in [0.717, 1.165) is 19.3 Å². The van der Waals surface area contributed by atoms with Gasteiger partial charge in [0.15, 0.2) is 9.84 Å². The van der Waals surface area contributed by atoms with Gasteiger partial charge in [0.05, 0.1) is 11.5 Å². The highest BCUT2D eigenvalue weighted by Gasteiger charge is 2.34. The number of aliphatic hydroxyl groups excluding tert-OH is 1. The van der Waals surface area contributed by atoms with E-state index in [1.807, 2.05) is 0 Å². The summed E-state index contributed by atoms with van der Waals surface area (Å²) >= 11 is 0. The molecule has 3 atom stereocenters. The fraction of sp³-hybridized carbons (Fsp3) is 1.00. The maximum atomic E-state index is 11.5. The number of aliphatic hydroxyl groups is 1. The summed E-state index contributed by atoms with van der Waals surface area (Å²) in [6.07, 6.45) is 6.53. The molecule has 3 unspecified atom stereocenters. The molecular formula is C14H28O3S. The van der Waals surface area contributed by atoms with Crippen molar-refractivity contribution in [2.24, 2.45) is 17.8 Å². The Morgan fingerprint density at radius 1 is 1.33 bits per heavy atom. The molecular weight excluding hydrogens is 248 g/mol. The average molecular weight is 276 g/mol. The fourth-order valence-electron chi connectivity index (χ4n) is 3.02. The van der Waals surface area contributed by atoms with Crippen LogP contribution < -0.4 is 0 Å². The molecule has 0 saturated carbocycles. The Kier molecular flexibility index (Phi) is 6.64. The summed E-state index contributed by atoms with van der Waals surface area (Å²) in [6.45, 7) is 4.53. The van der Waals surface area contributed by atoms with Gasteiger partial charge in [-0.05, 0) is 30.6 Å². The molecule has 1 saturated heterocycles. The Hall–Kier alpha value is -0.0900.